The zero-order valence-electron chi connectivity index (χ0n) is 12.8. The molecule has 2 aromatic heterocycles. The van der Waals surface area contributed by atoms with Gasteiger partial charge in [-0.05, 0) is 35.2 Å². The first-order valence-electron chi connectivity index (χ1n) is 6.93. The summed E-state index contributed by atoms with van der Waals surface area (Å²) in [5.74, 6) is 0.626. The molecule has 0 N–H and O–H groups in total. The van der Waals surface area contributed by atoms with Crippen LogP contribution in [-0.2, 0) is 0 Å². The van der Waals surface area contributed by atoms with Crippen molar-refractivity contribution in [3.8, 4) is 22.9 Å². The molecule has 0 aliphatic rings. The number of methoxy groups -OCH3 is 1. The van der Waals surface area contributed by atoms with Crippen molar-refractivity contribution in [2.45, 2.75) is 6.61 Å². The number of nitrogens with zero attached hydrogens (tertiary/aromatic N) is 2. The Balaban J connectivity index is 1.87. The Morgan fingerprint density at radius 2 is 2.16 bits per heavy atom. The highest BCUT2D eigenvalue weighted by molar-refractivity contribution is 7.08. The quantitative estimate of drug-likeness (QED) is 0.588. The highest BCUT2D eigenvalue weighted by Crippen LogP contribution is 2.32. The molecular weight excluding hydrogens is 374 g/mol. The maximum absolute atomic E-state index is 12.5. The second kappa shape index (κ2) is 7.62. The second-order valence-electron chi connectivity index (χ2n) is 4.72. The van der Waals surface area contributed by atoms with Gasteiger partial charge in [-0.3, -0.25) is 0 Å². The smallest absolute Gasteiger partial charge is 0.387 e. The van der Waals surface area contributed by atoms with Crippen molar-refractivity contribution in [2.24, 2.45) is 0 Å². The molecule has 0 radical (unpaired) electrons. The average molecular weight is 385 g/mol. The van der Waals surface area contributed by atoms with Gasteiger partial charge >= 0.3 is 6.61 Å². The van der Waals surface area contributed by atoms with Crippen LogP contribution in [0.15, 0.2) is 39.5 Å². The van der Waals surface area contributed by atoms with E-state index in [9.17, 15) is 8.78 Å². The summed E-state index contributed by atoms with van der Waals surface area (Å²) in [6, 6.07) is 6.37. The van der Waals surface area contributed by atoms with Crippen LogP contribution in [0.25, 0.3) is 22.5 Å². The molecule has 0 unspecified atom stereocenters. The van der Waals surface area contributed by atoms with Crippen LogP contribution >= 0.6 is 22.9 Å². The van der Waals surface area contributed by atoms with Crippen LogP contribution in [0, 0.1) is 0 Å². The van der Waals surface area contributed by atoms with Gasteiger partial charge in [0.15, 0.2) is 11.5 Å². The van der Waals surface area contributed by atoms with Gasteiger partial charge in [-0.2, -0.15) is 25.1 Å². The Labute approximate surface area is 150 Å². The van der Waals surface area contributed by atoms with Crippen LogP contribution in [0.4, 0.5) is 8.78 Å². The van der Waals surface area contributed by atoms with E-state index < -0.39 is 6.61 Å². The van der Waals surface area contributed by atoms with Gasteiger partial charge in [-0.25, -0.2) is 0 Å². The van der Waals surface area contributed by atoms with E-state index in [0.717, 1.165) is 5.56 Å². The zero-order valence-corrected chi connectivity index (χ0v) is 14.4. The Kier molecular flexibility index (Phi) is 5.30. The molecule has 25 heavy (non-hydrogen) atoms. The fourth-order valence-electron chi connectivity index (χ4n) is 2.01. The monoisotopic (exact) mass is 384 g/mol. The number of thiophene rings is 1. The first kappa shape index (κ1) is 17.4. The molecule has 9 heteroatoms. The lowest BCUT2D eigenvalue weighted by atomic mass is 10.2. The standard InChI is InChI=1S/C16H11ClF2N2O3S/c1-22-12-3-2-9(7-13(12)23-16(18)19)6-11(17)15-20-14(21-24-15)10-4-5-25-8-10/h2-8,16H,1H3/b11-6+. The summed E-state index contributed by atoms with van der Waals surface area (Å²) in [5, 5.41) is 7.80. The molecule has 0 spiro atoms. The van der Waals surface area contributed by atoms with Crippen molar-refractivity contribution in [1.82, 2.24) is 10.1 Å². The predicted octanol–water partition coefficient (Wildman–Crippen LogP) is 5.15. The fraction of sp³-hybridized carbons (Fsp3) is 0.125. The summed E-state index contributed by atoms with van der Waals surface area (Å²) in [6.45, 7) is -2.97. The van der Waals surface area contributed by atoms with Gasteiger partial charge in [0.05, 0.1) is 7.11 Å². The molecule has 0 saturated heterocycles. The van der Waals surface area contributed by atoms with Gasteiger partial charge in [-0.1, -0.05) is 22.8 Å². The largest absolute Gasteiger partial charge is 0.493 e. The highest BCUT2D eigenvalue weighted by Gasteiger charge is 2.14. The lowest BCUT2D eigenvalue weighted by Crippen LogP contribution is -2.03. The van der Waals surface area contributed by atoms with Crippen molar-refractivity contribution < 1.29 is 22.8 Å². The summed E-state index contributed by atoms with van der Waals surface area (Å²) in [6.07, 6.45) is 1.50. The third-order valence-electron chi connectivity index (χ3n) is 3.11. The Hall–Kier alpha value is -2.45. The van der Waals surface area contributed by atoms with Crippen LogP contribution < -0.4 is 9.47 Å². The van der Waals surface area contributed by atoms with E-state index in [1.807, 2.05) is 16.8 Å². The van der Waals surface area contributed by atoms with E-state index in [1.54, 1.807) is 6.07 Å². The molecule has 0 atom stereocenters. The molecule has 0 saturated carbocycles. The Morgan fingerprint density at radius 1 is 1.32 bits per heavy atom. The van der Waals surface area contributed by atoms with E-state index in [0.29, 0.717) is 11.4 Å². The normalized spacial score (nSPS) is 11.8. The average Bonchev–Trinajstić information content (AvgIpc) is 3.26. The molecule has 0 amide bonds. The molecule has 0 aliphatic heterocycles. The molecule has 2 heterocycles. The van der Waals surface area contributed by atoms with Crippen molar-refractivity contribution in [3.63, 3.8) is 0 Å². The van der Waals surface area contributed by atoms with Gasteiger partial charge in [-0.15, -0.1) is 0 Å². The summed E-state index contributed by atoms with van der Waals surface area (Å²) in [7, 11) is 1.36. The first-order valence-corrected chi connectivity index (χ1v) is 8.25. The van der Waals surface area contributed by atoms with Crippen molar-refractivity contribution in [2.75, 3.05) is 7.11 Å². The predicted molar refractivity (Wildman–Crippen MR) is 91.0 cm³/mol. The summed E-state index contributed by atoms with van der Waals surface area (Å²) in [4.78, 5) is 4.21. The summed E-state index contributed by atoms with van der Waals surface area (Å²) in [5.41, 5.74) is 1.33. The molecule has 5 nitrogen and oxygen atoms in total. The molecule has 130 valence electrons. The van der Waals surface area contributed by atoms with Gasteiger partial charge in [0.1, 0.15) is 5.03 Å². The van der Waals surface area contributed by atoms with Crippen molar-refractivity contribution >= 4 is 34.0 Å². The summed E-state index contributed by atoms with van der Waals surface area (Å²) >= 11 is 7.70. The van der Waals surface area contributed by atoms with Crippen LogP contribution in [0.2, 0.25) is 0 Å². The number of benzene rings is 1. The van der Waals surface area contributed by atoms with Gasteiger partial charge < -0.3 is 14.0 Å². The van der Waals surface area contributed by atoms with Gasteiger partial charge in [0, 0.05) is 10.9 Å². The minimum absolute atomic E-state index is 0.0970. The number of alkyl halides is 2. The van der Waals surface area contributed by atoms with Crippen LogP contribution in [0.1, 0.15) is 11.5 Å². The van der Waals surface area contributed by atoms with E-state index in [1.165, 1.54) is 36.7 Å². The number of ether oxygens (including phenoxy) is 2. The minimum atomic E-state index is -2.97. The SMILES string of the molecule is COc1ccc(/C=C(/Cl)c2nc(-c3ccsc3)no2)cc1OC(F)F. The molecule has 3 aromatic rings. The highest BCUT2D eigenvalue weighted by atomic mass is 35.5. The molecular formula is C16H11ClF2N2O3S. The maximum atomic E-state index is 12.5. The third-order valence-corrected chi connectivity index (χ3v) is 4.06. The number of hydrogen-bond donors (Lipinski definition) is 0. The molecule has 0 bridgehead atoms. The summed E-state index contributed by atoms with van der Waals surface area (Å²) < 4.78 is 39.5. The van der Waals surface area contributed by atoms with Gasteiger partial charge in [0.2, 0.25) is 5.82 Å². The van der Waals surface area contributed by atoms with E-state index >= 15 is 0 Å². The second-order valence-corrected chi connectivity index (χ2v) is 5.90. The topological polar surface area (TPSA) is 57.4 Å². The lowest BCUT2D eigenvalue weighted by Gasteiger charge is -2.10. The van der Waals surface area contributed by atoms with E-state index in [-0.39, 0.29) is 22.4 Å². The maximum Gasteiger partial charge on any atom is 0.387 e. The first-order chi connectivity index (χ1) is 12.1. The molecule has 1 aromatic carbocycles. The third kappa shape index (κ3) is 4.15. The molecule has 0 aliphatic carbocycles. The Morgan fingerprint density at radius 3 is 2.84 bits per heavy atom. The number of rotatable bonds is 6. The van der Waals surface area contributed by atoms with E-state index in [4.69, 9.17) is 20.9 Å². The van der Waals surface area contributed by atoms with Crippen molar-refractivity contribution in [3.05, 3.63) is 46.5 Å². The van der Waals surface area contributed by atoms with Crippen LogP contribution in [0.5, 0.6) is 11.5 Å². The van der Waals surface area contributed by atoms with Gasteiger partial charge in [0.25, 0.3) is 5.89 Å². The number of halogens is 3. The fourth-order valence-corrected chi connectivity index (χ4v) is 2.85. The number of aromatic nitrogens is 2. The van der Waals surface area contributed by atoms with Crippen LogP contribution in [0.3, 0.4) is 0 Å². The van der Waals surface area contributed by atoms with E-state index in [2.05, 4.69) is 14.9 Å². The van der Waals surface area contributed by atoms with Crippen LogP contribution in [-0.4, -0.2) is 23.9 Å². The molecule has 3 rings (SSSR count). The zero-order chi connectivity index (χ0) is 17.8. The van der Waals surface area contributed by atoms with Crippen molar-refractivity contribution in [1.29, 1.82) is 0 Å². The lowest BCUT2D eigenvalue weighted by molar-refractivity contribution is -0.0512. The Bertz CT molecular complexity index is 881. The number of hydrogen-bond acceptors (Lipinski definition) is 6. The minimum Gasteiger partial charge on any atom is -0.493 e. The molecule has 0 fully saturated rings.